The fraction of sp³-hybridized carbons (Fsp3) is 0.263. The van der Waals surface area contributed by atoms with Crippen molar-refractivity contribution in [1.29, 1.82) is 0 Å². The lowest BCUT2D eigenvalue weighted by Crippen LogP contribution is -2.14. The molecule has 0 radical (unpaired) electrons. The first-order chi connectivity index (χ1) is 12.1. The van der Waals surface area contributed by atoms with Crippen molar-refractivity contribution in [3.63, 3.8) is 0 Å². The maximum Gasteiger partial charge on any atom is 0.283 e. The molecule has 1 aromatic heterocycles. The van der Waals surface area contributed by atoms with Gasteiger partial charge in [-0.1, -0.05) is 36.5 Å². The van der Waals surface area contributed by atoms with Gasteiger partial charge in [-0.3, -0.25) is 4.79 Å². The molecule has 0 unspecified atom stereocenters. The van der Waals surface area contributed by atoms with Crippen molar-refractivity contribution in [2.24, 2.45) is 12.0 Å². The number of fused-ring (bicyclic) bond motifs is 1. The third-order valence-corrected chi connectivity index (χ3v) is 5.21. The highest BCUT2D eigenvalue weighted by Crippen LogP contribution is 2.31. The Kier molecular flexibility index (Phi) is 4.90. The Morgan fingerprint density at radius 3 is 2.60 bits per heavy atom. The number of rotatable bonds is 4. The molecule has 3 aromatic rings. The minimum absolute atomic E-state index is 0.351. The summed E-state index contributed by atoms with van der Waals surface area (Å²) in [5.74, 6) is 0.560. The number of amides is 1. The fourth-order valence-corrected chi connectivity index (χ4v) is 3.94. The van der Waals surface area contributed by atoms with Crippen molar-refractivity contribution in [2.75, 3.05) is 14.2 Å². The lowest BCUT2D eigenvalue weighted by Gasteiger charge is -2.09. The van der Waals surface area contributed by atoms with E-state index in [9.17, 15) is 4.79 Å². The molecule has 6 heteroatoms. The van der Waals surface area contributed by atoms with Gasteiger partial charge >= 0.3 is 0 Å². The fourth-order valence-electron chi connectivity index (χ4n) is 2.88. The van der Waals surface area contributed by atoms with E-state index in [0.29, 0.717) is 21.9 Å². The predicted octanol–water partition coefficient (Wildman–Crippen LogP) is 3.56. The quantitative estimate of drug-likeness (QED) is 0.718. The van der Waals surface area contributed by atoms with Gasteiger partial charge in [0.2, 0.25) is 0 Å². The molecule has 0 atom stereocenters. The average molecular weight is 356 g/mol. The summed E-state index contributed by atoms with van der Waals surface area (Å²) in [5, 5.41) is 0. The number of thiazole rings is 1. The van der Waals surface area contributed by atoms with Gasteiger partial charge in [0.1, 0.15) is 0 Å². The van der Waals surface area contributed by atoms with Crippen LogP contribution in [0.1, 0.15) is 22.8 Å². The molecule has 5 nitrogen and oxygen atoms in total. The smallest absolute Gasteiger partial charge is 0.283 e. The largest absolute Gasteiger partial charge is 0.493 e. The maximum absolute atomic E-state index is 12.7. The topological polar surface area (TPSA) is 52.8 Å². The first-order valence-corrected chi connectivity index (χ1v) is 8.79. The first kappa shape index (κ1) is 17.2. The van der Waals surface area contributed by atoms with Gasteiger partial charge in [0.05, 0.1) is 30.0 Å². The van der Waals surface area contributed by atoms with Crippen LogP contribution in [-0.4, -0.2) is 24.7 Å². The Balaban J connectivity index is 2.15. The van der Waals surface area contributed by atoms with Crippen LogP contribution in [0, 0.1) is 0 Å². The SMILES string of the molecule is CCc1cccc2sc(=NC(=O)c3cccc(OC)c3OC)n(C)c12. The summed E-state index contributed by atoms with van der Waals surface area (Å²) in [6.45, 7) is 2.12. The van der Waals surface area contributed by atoms with E-state index in [0.717, 1.165) is 16.6 Å². The number of ether oxygens (including phenoxy) is 2. The lowest BCUT2D eigenvalue weighted by molar-refractivity contribution is 0.0994. The van der Waals surface area contributed by atoms with Crippen LogP contribution in [0.25, 0.3) is 10.2 Å². The molecule has 0 fully saturated rings. The second-order valence-electron chi connectivity index (χ2n) is 5.52. The molecule has 0 N–H and O–H groups in total. The van der Waals surface area contributed by atoms with E-state index >= 15 is 0 Å². The van der Waals surface area contributed by atoms with E-state index in [1.165, 1.54) is 24.0 Å². The highest BCUT2D eigenvalue weighted by atomic mass is 32.1. The molecule has 1 heterocycles. The summed E-state index contributed by atoms with van der Waals surface area (Å²) in [6.07, 6.45) is 0.930. The Morgan fingerprint density at radius 1 is 1.16 bits per heavy atom. The standard InChI is InChI=1S/C19H20N2O3S/c1-5-12-8-6-11-15-16(12)21(2)19(25-15)20-18(22)13-9-7-10-14(23-3)17(13)24-4/h6-11H,5H2,1-4H3. The van der Waals surface area contributed by atoms with E-state index in [-0.39, 0.29) is 5.91 Å². The zero-order valence-corrected chi connectivity index (χ0v) is 15.5. The Hall–Kier alpha value is -2.60. The van der Waals surface area contributed by atoms with Crippen molar-refractivity contribution in [2.45, 2.75) is 13.3 Å². The van der Waals surface area contributed by atoms with Crippen LogP contribution in [0.3, 0.4) is 0 Å². The predicted molar refractivity (Wildman–Crippen MR) is 99.6 cm³/mol. The van der Waals surface area contributed by atoms with Crippen molar-refractivity contribution in [1.82, 2.24) is 4.57 Å². The van der Waals surface area contributed by atoms with Gasteiger partial charge < -0.3 is 14.0 Å². The molecule has 0 saturated carbocycles. The third kappa shape index (κ3) is 3.05. The Morgan fingerprint density at radius 2 is 1.92 bits per heavy atom. The molecule has 3 rings (SSSR count). The summed E-state index contributed by atoms with van der Waals surface area (Å²) in [4.78, 5) is 17.7. The van der Waals surface area contributed by atoms with Crippen molar-refractivity contribution < 1.29 is 14.3 Å². The molecule has 25 heavy (non-hydrogen) atoms. The van der Waals surface area contributed by atoms with Crippen LogP contribution in [-0.2, 0) is 13.5 Å². The van der Waals surface area contributed by atoms with Gasteiger partial charge in [0, 0.05) is 7.05 Å². The molecule has 1 amide bonds. The summed E-state index contributed by atoms with van der Waals surface area (Å²) in [6, 6.07) is 11.4. The number of hydrogen-bond donors (Lipinski definition) is 0. The molecule has 0 aliphatic heterocycles. The number of aromatic nitrogens is 1. The highest BCUT2D eigenvalue weighted by molar-refractivity contribution is 7.16. The summed E-state index contributed by atoms with van der Waals surface area (Å²) in [7, 11) is 5.00. The molecule has 0 aliphatic carbocycles. The van der Waals surface area contributed by atoms with Gasteiger partial charge in [-0.25, -0.2) is 0 Å². The normalized spacial score (nSPS) is 11.8. The van der Waals surface area contributed by atoms with Gasteiger partial charge in [-0.15, -0.1) is 0 Å². The Bertz CT molecular complexity index is 1000. The number of methoxy groups -OCH3 is 2. The lowest BCUT2D eigenvalue weighted by atomic mass is 10.1. The first-order valence-electron chi connectivity index (χ1n) is 7.98. The number of carbonyl (C=O) groups excluding carboxylic acids is 1. The summed E-state index contributed by atoms with van der Waals surface area (Å²) < 4.78 is 13.7. The van der Waals surface area contributed by atoms with Crippen molar-refractivity contribution in [3.05, 3.63) is 52.3 Å². The molecule has 130 valence electrons. The molecule has 0 saturated heterocycles. The van der Waals surface area contributed by atoms with E-state index in [1.54, 1.807) is 25.3 Å². The number of carbonyl (C=O) groups is 1. The second kappa shape index (κ2) is 7.11. The van der Waals surface area contributed by atoms with E-state index in [4.69, 9.17) is 9.47 Å². The van der Waals surface area contributed by atoms with Crippen LogP contribution in [0.2, 0.25) is 0 Å². The van der Waals surface area contributed by atoms with Crippen LogP contribution in [0.15, 0.2) is 41.4 Å². The highest BCUT2D eigenvalue weighted by Gasteiger charge is 2.16. The molecular formula is C19H20N2O3S. The molecule has 0 aliphatic rings. The molecule has 0 spiro atoms. The van der Waals surface area contributed by atoms with Crippen LogP contribution < -0.4 is 14.3 Å². The second-order valence-corrected chi connectivity index (χ2v) is 6.53. The zero-order chi connectivity index (χ0) is 18.0. The minimum Gasteiger partial charge on any atom is -0.493 e. The van der Waals surface area contributed by atoms with Gasteiger partial charge in [-0.05, 0) is 30.2 Å². The average Bonchev–Trinajstić information content (AvgIpc) is 2.96. The van der Waals surface area contributed by atoms with E-state index < -0.39 is 0 Å². The van der Waals surface area contributed by atoms with E-state index in [2.05, 4.69) is 24.0 Å². The van der Waals surface area contributed by atoms with Gasteiger partial charge in [-0.2, -0.15) is 4.99 Å². The summed E-state index contributed by atoms with van der Waals surface area (Å²) >= 11 is 1.50. The number of para-hydroxylation sites is 2. The van der Waals surface area contributed by atoms with Crippen molar-refractivity contribution in [3.8, 4) is 11.5 Å². The molecular weight excluding hydrogens is 336 g/mol. The number of hydrogen-bond acceptors (Lipinski definition) is 4. The monoisotopic (exact) mass is 356 g/mol. The summed E-state index contributed by atoms with van der Waals surface area (Å²) in [5.41, 5.74) is 2.75. The number of aryl methyl sites for hydroxylation is 2. The van der Waals surface area contributed by atoms with Crippen LogP contribution in [0.4, 0.5) is 0 Å². The van der Waals surface area contributed by atoms with Gasteiger partial charge in [0.15, 0.2) is 16.3 Å². The van der Waals surface area contributed by atoms with Crippen molar-refractivity contribution >= 4 is 27.5 Å². The molecule has 0 bridgehead atoms. The minimum atomic E-state index is -0.351. The Labute approximate surface area is 150 Å². The zero-order valence-electron chi connectivity index (χ0n) is 14.7. The molecule has 2 aromatic carbocycles. The number of nitrogens with zero attached hydrogens (tertiary/aromatic N) is 2. The van der Waals surface area contributed by atoms with Crippen LogP contribution >= 0.6 is 11.3 Å². The number of benzene rings is 2. The third-order valence-electron chi connectivity index (χ3n) is 4.12. The van der Waals surface area contributed by atoms with E-state index in [1.807, 2.05) is 17.7 Å². The van der Waals surface area contributed by atoms with Gasteiger partial charge in [0.25, 0.3) is 5.91 Å². The van der Waals surface area contributed by atoms with Crippen LogP contribution in [0.5, 0.6) is 11.5 Å². The maximum atomic E-state index is 12.7.